The number of nitrogens with zero attached hydrogens (tertiary/aromatic N) is 2. The Morgan fingerprint density at radius 1 is 1.25 bits per heavy atom. The molecule has 0 aliphatic heterocycles. The predicted octanol–water partition coefficient (Wildman–Crippen LogP) is 2.15. The van der Waals surface area contributed by atoms with Gasteiger partial charge in [0, 0.05) is 26.3 Å². The molecule has 0 bridgehead atoms. The summed E-state index contributed by atoms with van der Waals surface area (Å²) in [6, 6.07) is 0. The van der Waals surface area contributed by atoms with E-state index in [1.165, 1.54) is 19.2 Å². The molecule has 0 unspecified atom stereocenters. The van der Waals surface area contributed by atoms with Gasteiger partial charge >= 0.3 is 0 Å². The van der Waals surface area contributed by atoms with Crippen molar-refractivity contribution in [2.24, 2.45) is 5.92 Å². The van der Waals surface area contributed by atoms with Crippen LogP contribution in [0.2, 0.25) is 0 Å². The second-order valence-electron chi connectivity index (χ2n) is 4.93. The summed E-state index contributed by atoms with van der Waals surface area (Å²) < 4.78 is 11.0. The highest BCUT2D eigenvalue weighted by Crippen LogP contribution is 2.29. The molecule has 1 heterocycles. The van der Waals surface area contributed by atoms with Crippen molar-refractivity contribution in [3.63, 3.8) is 0 Å². The highest BCUT2D eigenvalue weighted by molar-refractivity contribution is 5.63. The van der Waals surface area contributed by atoms with E-state index in [9.17, 15) is 0 Å². The van der Waals surface area contributed by atoms with Crippen LogP contribution < -0.4 is 15.4 Å². The first-order valence-electron chi connectivity index (χ1n) is 7.29. The van der Waals surface area contributed by atoms with Gasteiger partial charge < -0.3 is 20.1 Å². The summed E-state index contributed by atoms with van der Waals surface area (Å²) in [5.41, 5.74) is 0. The molecule has 20 heavy (non-hydrogen) atoms. The molecular formula is C14H24N4O2. The van der Waals surface area contributed by atoms with Gasteiger partial charge in [0.05, 0.1) is 7.11 Å². The smallest absolute Gasteiger partial charge is 0.204 e. The molecule has 0 spiro atoms. The fourth-order valence-electron chi connectivity index (χ4n) is 1.90. The van der Waals surface area contributed by atoms with Crippen molar-refractivity contribution in [1.29, 1.82) is 0 Å². The van der Waals surface area contributed by atoms with E-state index in [2.05, 4.69) is 20.6 Å². The molecule has 6 heteroatoms. The van der Waals surface area contributed by atoms with E-state index in [0.717, 1.165) is 50.3 Å². The minimum Gasteiger partial charge on any atom is -0.490 e. The Kier molecular flexibility index (Phi) is 5.86. The number of aromatic nitrogens is 2. The topological polar surface area (TPSA) is 68.3 Å². The number of hydrogen-bond donors (Lipinski definition) is 2. The van der Waals surface area contributed by atoms with Gasteiger partial charge in [-0.1, -0.05) is 0 Å². The van der Waals surface area contributed by atoms with Crippen LogP contribution in [-0.2, 0) is 4.74 Å². The Bertz CT molecular complexity index is 410. The van der Waals surface area contributed by atoms with E-state index >= 15 is 0 Å². The largest absolute Gasteiger partial charge is 0.490 e. The number of nitrogens with one attached hydrogen (secondary N) is 2. The Morgan fingerprint density at radius 3 is 2.65 bits per heavy atom. The van der Waals surface area contributed by atoms with Crippen LogP contribution in [0.1, 0.15) is 26.2 Å². The minimum atomic E-state index is 0.660. The summed E-state index contributed by atoms with van der Waals surface area (Å²) in [6.07, 6.45) is 5.16. The Balaban J connectivity index is 1.74. The van der Waals surface area contributed by atoms with Crippen molar-refractivity contribution < 1.29 is 9.47 Å². The average molecular weight is 280 g/mol. The van der Waals surface area contributed by atoms with E-state index in [0.29, 0.717) is 5.75 Å². The third kappa shape index (κ3) is 4.52. The molecule has 6 nitrogen and oxygen atoms in total. The van der Waals surface area contributed by atoms with Gasteiger partial charge in [-0.3, -0.25) is 0 Å². The molecular weight excluding hydrogens is 256 g/mol. The lowest BCUT2D eigenvalue weighted by atomic mass is 10.4. The lowest BCUT2D eigenvalue weighted by Crippen LogP contribution is -2.11. The van der Waals surface area contributed by atoms with Crippen LogP contribution in [0.3, 0.4) is 0 Å². The van der Waals surface area contributed by atoms with Gasteiger partial charge in [-0.15, -0.1) is 0 Å². The van der Waals surface area contributed by atoms with E-state index in [-0.39, 0.29) is 0 Å². The third-order valence-electron chi connectivity index (χ3n) is 3.16. The lowest BCUT2D eigenvalue weighted by molar-refractivity contribution is 0.124. The van der Waals surface area contributed by atoms with Crippen molar-refractivity contribution in [3.8, 4) is 5.75 Å². The summed E-state index contributed by atoms with van der Waals surface area (Å²) in [5, 5.41) is 6.43. The van der Waals surface area contributed by atoms with Gasteiger partial charge in [-0.05, 0) is 32.1 Å². The maximum absolute atomic E-state index is 5.60. The molecule has 0 saturated heterocycles. The minimum absolute atomic E-state index is 0.660. The predicted molar refractivity (Wildman–Crippen MR) is 79.4 cm³/mol. The van der Waals surface area contributed by atoms with Crippen molar-refractivity contribution >= 4 is 11.6 Å². The first kappa shape index (κ1) is 14.8. The number of hydrogen-bond acceptors (Lipinski definition) is 6. The molecule has 1 aliphatic carbocycles. The van der Waals surface area contributed by atoms with Crippen LogP contribution in [0.25, 0.3) is 0 Å². The van der Waals surface area contributed by atoms with Crippen LogP contribution in [0.5, 0.6) is 5.75 Å². The monoisotopic (exact) mass is 280 g/mol. The first-order valence-corrected chi connectivity index (χ1v) is 7.29. The molecule has 1 aliphatic rings. The molecule has 0 aromatic carbocycles. The van der Waals surface area contributed by atoms with Crippen molar-refractivity contribution in [2.75, 3.05) is 44.0 Å². The van der Waals surface area contributed by atoms with Gasteiger partial charge in [0.15, 0.2) is 11.6 Å². The third-order valence-corrected chi connectivity index (χ3v) is 3.16. The fraction of sp³-hybridized carbons (Fsp3) is 0.714. The maximum Gasteiger partial charge on any atom is 0.204 e. The van der Waals surface area contributed by atoms with Gasteiger partial charge in [0.1, 0.15) is 6.33 Å². The van der Waals surface area contributed by atoms with E-state index in [1.54, 1.807) is 7.11 Å². The number of rotatable bonds is 10. The van der Waals surface area contributed by atoms with E-state index < -0.39 is 0 Å². The normalized spacial score (nSPS) is 14.1. The molecule has 0 atom stereocenters. The molecule has 2 N–H and O–H groups in total. The second-order valence-corrected chi connectivity index (χ2v) is 4.93. The first-order chi connectivity index (χ1) is 9.85. The zero-order chi connectivity index (χ0) is 14.2. The zero-order valence-electron chi connectivity index (χ0n) is 12.3. The maximum atomic E-state index is 5.60. The SMILES string of the molecule is CCNc1ncnc(NCCCOCC2CC2)c1OC. The van der Waals surface area contributed by atoms with Crippen LogP contribution in [0, 0.1) is 5.92 Å². The van der Waals surface area contributed by atoms with Gasteiger partial charge in [0.2, 0.25) is 5.75 Å². The van der Waals surface area contributed by atoms with Crippen molar-refractivity contribution in [2.45, 2.75) is 26.2 Å². The molecule has 1 aromatic rings. The zero-order valence-corrected chi connectivity index (χ0v) is 12.3. The Hall–Kier alpha value is -1.56. The van der Waals surface area contributed by atoms with Crippen LogP contribution >= 0.6 is 0 Å². The van der Waals surface area contributed by atoms with E-state index in [4.69, 9.17) is 9.47 Å². The number of methoxy groups -OCH3 is 1. The summed E-state index contributed by atoms with van der Waals surface area (Å²) >= 11 is 0. The van der Waals surface area contributed by atoms with Crippen molar-refractivity contribution in [1.82, 2.24) is 9.97 Å². The Labute approximate surface area is 120 Å². The van der Waals surface area contributed by atoms with Crippen LogP contribution in [0.15, 0.2) is 6.33 Å². The second kappa shape index (κ2) is 7.89. The summed E-state index contributed by atoms with van der Waals surface area (Å²) in [7, 11) is 1.63. The number of anilines is 2. The summed E-state index contributed by atoms with van der Waals surface area (Å²) in [4.78, 5) is 8.39. The van der Waals surface area contributed by atoms with Gasteiger partial charge in [-0.2, -0.15) is 0 Å². The summed E-state index contributed by atoms with van der Waals surface area (Å²) in [5.74, 6) is 2.93. The fourth-order valence-corrected chi connectivity index (χ4v) is 1.90. The van der Waals surface area contributed by atoms with Crippen molar-refractivity contribution in [3.05, 3.63) is 6.33 Å². The highest BCUT2D eigenvalue weighted by atomic mass is 16.5. The van der Waals surface area contributed by atoms with E-state index in [1.807, 2.05) is 6.92 Å². The Morgan fingerprint density at radius 2 is 2.00 bits per heavy atom. The highest BCUT2D eigenvalue weighted by Gasteiger charge is 2.20. The molecule has 0 radical (unpaired) electrons. The van der Waals surface area contributed by atoms with Gasteiger partial charge in [-0.25, -0.2) is 9.97 Å². The molecule has 2 rings (SSSR count). The molecule has 1 aromatic heterocycles. The standard InChI is InChI=1S/C14H24N4O2/c1-3-15-13-12(19-2)14(18-10-17-13)16-7-4-8-20-9-11-5-6-11/h10-11H,3-9H2,1-2H3,(H2,15,16,17,18). The lowest BCUT2D eigenvalue weighted by Gasteiger charge is -2.13. The van der Waals surface area contributed by atoms with Gasteiger partial charge in [0.25, 0.3) is 0 Å². The number of ether oxygens (including phenoxy) is 2. The quantitative estimate of drug-likeness (QED) is 0.640. The molecule has 1 fully saturated rings. The van der Waals surface area contributed by atoms with Crippen LogP contribution in [-0.4, -0.2) is 43.4 Å². The average Bonchev–Trinajstić information content (AvgIpc) is 3.27. The van der Waals surface area contributed by atoms with Crippen LogP contribution in [0.4, 0.5) is 11.6 Å². The molecule has 0 amide bonds. The molecule has 112 valence electrons. The molecule has 1 saturated carbocycles. The summed E-state index contributed by atoms with van der Waals surface area (Å²) in [6.45, 7) is 5.33.